The van der Waals surface area contributed by atoms with Crippen LogP contribution in [-0.4, -0.2) is 84.4 Å². The summed E-state index contributed by atoms with van der Waals surface area (Å²) in [4.78, 5) is 40.4. The molecular weight excluding hydrogens is 491 g/mol. The molecule has 1 unspecified atom stereocenters. The van der Waals surface area contributed by atoms with Gasteiger partial charge in [-0.25, -0.2) is 4.79 Å². The number of nitrogens with zero attached hydrogens (tertiary/aromatic N) is 3. The highest BCUT2D eigenvalue weighted by atomic mass is 32.1. The molecule has 2 amide bonds. The number of carbonyl (C=O) groups is 3. The standard InChI is InChI=1S/C20H21N3O4S.C2HF3O2/c1-21-9-18(24)23(15-4-7-28-10-15)12-20(21)5-6-22(11-20)19(25)14-2-3-16-17(8-14)27-13-26-16;3-2(4,5)1(6)7/h2-4,7-8,10H,5-6,9,11-13H2,1H3;(H,6,7). The van der Waals surface area contributed by atoms with Gasteiger partial charge in [0.2, 0.25) is 12.7 Å². The molecule has 0 aliphatic carbocycles. The fraction of sp³-hybridized carbons (Fsp3) is 0.409. The average Bonchev–Trinajstić information content (AvgIpc) is 3.56. The zero-order chi connectivity index (χ0) is 25.4. The molecule has 1 atom stereocenters. The third-order valence-corrected chi connectivity index (χ3v) is 6.91. The summed E-state index contributed by atoms with van der Waals surface area (Å²) in [6.07, 6.45) is -4.24. The Kier molecular flexibility index (Phi) is 6.64. The van der Waals surface area contributed by atoms with Gasteiger partial charge in [-0.15, -0.1) is 0 Å². The van der Waals surface area contributed by atoms with Crippen LogP contribution in [0, 0.1) is 0 Å². The number of rotatable bonds is 2. The van der Waals surface area contributed by atoms with Crippen LogP contribution < -0.4 is 14.4 Å². The van der Waals surface area contributed by atoms with Crippen LogP contribution in [0.2, 0.25) is 0 Å². The summed E-state index contributed by atoms with van der Waals surface area (Å²) < 4.78 is 42.5. The fourth-order valence-corrected chi connectivity index (χ4v) is 4.93. The maximum Gasteiger partial charge on any atom is 0.490 e. The number of benzene rings is 1. The van der Waals surface area contributed by atoms with Gasteiger partial charge in [0.25, 0.3) is 5.91 Å². The minimum atomic E-state index is -5.08. The van der Waals surface area contributed by atoms with Crippen LogP contribution in [-0.2, 0) is 9.59 Å². The van der Waals surface area contributed by atoms with E-state index in [2.05, 4.69) is 4.90 Å². The van der Waals surface area contributed by atoms with E-state index in [1.165, 1.54) is 0 Å². The summed E-state index contributed by atoms with van der Waals surface area (Å²) in [5.41, 5.74) is 1.33. The average molecular weight is 513 g/mol. The summed E-state index contributed by atoms with van der Waals surface area (Å²) in [6.45, 7) is 2.43. The maximum absolute atomic E-state index is 13.1. The number of carbonyl (C=O) groups excluding carboxylic acids is 2. The summed E-state index contributed by atoms with van der Waals surface area (Å²) in [6, 6.07) is 7.30. The van der Waals surface area contributed by atoms with Gasteiger partial charge in [-0.3, -0.25) is 14.5 Å². The monoisotopic (exact) mass is 513 g/mol. The van der Waals surface area contributed by atoms with Crippen molar-refractivity contribution in [2.45, 2.75) is 18.1 Å². The fourth-order valence-electron chi connectivity index (χ4n) is 4.29. The first-order valence-corrected chi connectivity index (χ1v) is 11.5. The molecule has 9 nitrogen and oxygen atoms in total. The van der Waals surface area contributed by atoms with Crippen molar-refractivity contribution in [2.24, 2.45) is 0 Å². The van der Waals surface area contributed by atoms with E-state index in [0.717, 1.165) is 12.1 Å². The minimum Gasteiger partial charge on any atom is -0.475 e. The Morgan fingerprint density at radius 3 is 2.51 bits per heavy atom. The molecule has 2 aromatic rings. The Labute approximate surface area is 202 Å². The minimum absolute atomic E-state index is 0.0115. The first kappa shape index (κ1) is 24.8. The summed E-state index contributed by atoms with van der Waals surface area (Å²) in [5, 5.41) is 11.1. The number of carboxylic acids is 1. The predicted octanol–water partition coefficient (Wildman–Crippen LogP) is 2.67. The number of carboxylic acid groups (broad SMARTS) is 1. The Balaban J connectivity index is 0.000000364. The van der Waals surface area contributed by atoms with E-state index in [0.29, 0.717) is 43.2 Å². The number of fused-ring (bicyclic) bond motifs is 1. The first-order chi connectivity index (χ1) is 16.5. The molecule has 0 saturated carbocycles. The maximum atomic E-state index is 13.1. The zero-order valence-corrected chi connectivity index (χ0v) is 19.4. The van der Waals surface area contributed by atoms with E-state index in [-0.39, 0.29) is 24.1 Å². The van der Waals surface area contributed by atoms with Gasteiger partial charge in [-0.2, -0.15) is 24.5 Å². The van der Waals surface area contributed by atoms with Gasteiger partial charge in [0.05, 0.1) is 17.8 Å². The Morgan fingerprint density at radius 2 is 1.86 bits per heavy atom. The molecule has 2 fully saturated rings. The van der Waals surface area contributed by atoms with Crippen LogP contribution >= 0.6 is 11.3 Å². The quantitative estimate of drug-likeness (QED) is 0.659. The number of hydrogen-bond donors (Lipinski definition) is 1. The number of thiophene rings is 1. The molecule has 5 rings (SSSR count). The number of anilines is 1. The van der Waals surface area contributed by atoms with Gasteiger partial charge in [0.1, 0.15) is 0 Å². The number of likely N-dealkylation sites (N-methyl/N-ethyl adjacent to an activating group) is 1. The van der Waals surface area contributed by atoms with E-state index in [1.807, 2.05) is 33.7 Å². The molecule has 188 valence electrons. The lowest BCUT2D eigenvalue weighted by Crippen LogP contribution is -2.64. The number of hydrogen-bond acceptors (Lipinski definition) is 7. The SMILES string of the molecule is CN1CC(=O)N(c2ccsc2)CC12CCN(C(=O)c1ccc3c(c1)OCO3)C2.O=C(O)C(F)(F)F. The van der Waals surface area contributed by atoms with Gasteiger partial charge in [-0.05, 0) is 43.1 Å². The molecule has 3 aliphatic rings. The van der Waals surface area contributed by atoms with Crippen molar-refractivity contribution in [1.29, 1.82) is 0 Å². The van der Waals surface area contributed by atoms with Crippen LogP contribution in [0.15, 0.2) is 35.0 Å². The van der Waals surface area contributed by atoms with Gasteiger partial charge < -0.3 is 24.4 Å². The molecule has 2 saturated heterocycles. The molecule has 1 N–H and O–H groups in total. The molecule has 3 aliphatic heterocycles. The van der Waals surface area contributed by atoms with Crippen LogP contribution in [0.25, 0.3) is 0 Å². The number of alkyl halides is 3. The molecule has 35 heavy (non-hydrogen) atoms. The second-order valence-corrected chi connectivity index (χ2v) is 9.17. The topological polar surface area (TPSA) is 99.6 Å². The predicted molar refractivity (Wildman–Crippen MR) is 119 cm³/mol. The lowest BCUT2D eigenvalue weighted by molar-refractivity contribution is -0.192. The van der Waals surface area contributed by atoms with Gasteiger partial charge >= 0.3 is 12.1 Å². The molecule has 13 heteroatoms. The highest BCUT2D eigenvalue weighted by Crippen LogP contribution is 2.36. The highest BCUT2D eigenvalue weighted by molar-refractivity contribution is 7.08. The number of likely N-dealkylation sites (tertiary alicyclic amines) is 1. The van der Waals surface area contributed by atoms with Crippen molar-refractivity contribution in [3.63, 3.8) is 0 Å². The van der Waals surface area contributed by atoms with Crippen LogP contribution in [0.3, 0.4) is 0 Å². The Hall–Kier alpha value is -3.32. The molecule has 1 aromatic heterocycles. The third kappa shape index (κ3) is 5.05. The lowest BCUT2D eigenvalue weighted by atomic mass is 9.93. The smallest absolute Gasteiger partial charge is 0.475 e. The van der Waals surface area contributed by atoms with Crippen molar-refractivity contribution in [2.75, 3.05) is 44.9 Å². The van der Waals surface area contributed by atoms with E-state index in [9.17, 15) is 22.8 Å². The van der Waals surface area contributed by atoms with E-state index in [1.54, 1.807) is 29.5 Å². The summed E-state index contributed by atoms with van der Waals surface area (Å²) >= 11 is 1.59. The van der Waals surface area contributed by atoms with Crippen LogP contribution in [0.5, 0.6) is 11.5 Å². The molecule has 1 spiro atoms. The summed E-state index contributed by atoms with van der Waals surface area (Å²) in [5.74, 6) is -1.38. The largest absolute Gasteiger partial charge is 0.490 e. The summed E-state index contributed by atoms with van der Waals surface area (Å²) in [7, 11) is 1.98. The van der Waals surface area contributed by atoms with Crippen molar-refractivity contribution in [3.8, 4) is 11.5 Å². The van der Waals surface area contributed by atoms with Crippen LogP contribution in [0.1, 0.15) is 16.8 Å². The number of halogens is 3. The van der Waals surface area contributed by atoms with Crippen molar-refractivity contribution < 1.29 is 42.1 Å². The lowest BCUT2D eigenvalue weighted by Gasteiger charge is -2.46. The Bertz CT molecular complexity index is 1130. The second-order valence-electron chi connectivity index (χ2n) is 8.39. The zero-order valence-electron chi connectivity index (χ0n) is 18.6. The first-order valence-electron chi connectivity index (χ1n) is 10.5. The van der Waals surface area contributed by atoms with Crippen molar-refractivity contribution in [1.82, 2.24) is 9.80 Å². The third-order valence-electron chi connectivity index (χ3n) is 6.23. The van der Waals surface area contributed by atoms with Gasteiger partial charge in [0, 0.05) is 30.6 Å². The molecule has 0 radical (unpaired) electrons. The number of aliphatic carboxylic acids is 1. The Morgan fingerprint density at radius 1 is 1.14 bits per heavy atom. The van der Waals surface area contributed by atoms with Crippen molar-refractivity contribution >= 4 is 34.8 Å². The number of amides is 2. The molecule has 4 heterocycles. The highest BCUT2D eigenvalue weighted by Gasteiger charge is 2.49. The van der Waals surface area contributed by atoms with E-state index in [4.69, 9.17) is 19.4 Å². The number of piperazine rings is 1. The normalized spacial score (nSPS) is 21.8. The molecule has 0 bridgehead atoms. The van der Waals surface area contributed by atoms with E-state index >= 15 is 0 Å². The second kappa shape index (κ2) is 9.38. The van der Waals surface area contributed by atoms with E-state index < -0.39 is 12.1 Å². The molecular formula is C22H22F3N3O6S. The van der Waals surface area contributed by atoms with Crippen LogP contribution in [0.4, 0.5) is 18.9 Å². The van der Waals surface area contributed by atoms with Gasteiger partial charge in [0.15, 0.2) is 11.5 Å². The van der Waals surface area contributed by atoms with Gasteiger partial charge in [-0.1, -0.05) is 0 Å². The number of ether oxygens (including phenoxy) is 2. The molecule has 1 aromatic carbocycles. The van der Waals surface area contributed by atoms with Crippen molar-refractivity contribution in [3.05, 3.63) is 40.6 Å².